The Bertz CT molecular complexity index is 1750. The lowest BCUT2D eigenvalue weighted by Gasteiger charge is -2.24. The van der Waals surface area contributed by atoms with Gasteiger partial charge in [0.05, 0.1) is 28.4 Å². The normalized spacial score (nSPS) is 18.5. The molecule has 6 nitrogen and oxygen atoms in total. The average Bonchev–Trinajstić information content (AvgIpc) is 3.36. The van der Waals surface area contributed by atoms with Crippen LogP contribution < -0.4 is 10.0 Å². The predicted molar refractivity (Wildman–Crippen MR) is 135 cm³/mol. The second-order valence-electron chi connectivity index (χ2n) is 10.1. The van der Waals surface area contributed by atoms with Crippen LogP contribution >= 0.6 is 7.14 Å². The molecule has 1 aromatic heterocycles. The molecule has 0 N–H and O–H groups in total. The predicted octanol–water partition coefficient (Wildman–Crippen LogP) is 6.09. The van der Waals surface area contributed by atoms with E-state index in [2.05, 4.69) is 4.98 Å². The van der Waals surface area contributed by atoms with Crippen molar-refractivity contribution in [2.45, 2.75) is 25.1 Å². The number of fused-ring (bicyclic) bond motifs is 9. The molecule has 12 heteroatoms. The van der Waals surface area contributed by atoms with Gasteiger partial charge in [0.1, 0.15) is 24.5 Å². The molecule has 0 saturated carbocycles. The Balaban J connectivity index is 1.59. The summed E-state index contributed by atoms with van der Waals surface area (Å²) in [5.74, 6) is -3.68. The van der Waals surface area contributed by atoms with Crippen molar-refractivity contribution < 1.29 is 36.0 Å². The van der Waals surface area contributed by atoms with Crippen LogP contribution in [0.3, 0.4) is 0 Å². The van der Waals surface area contributed by atoms with Crippen molar-refractivity contribution >= 4 is 29.4 Å². The molecule has 0 saturated heterocycles. The van der Waals surface area contributed by atoms with Gasteiger partial charge in [0.25, 0.3) is 5.91 Å². The lowest BCUT2D eigenvalue weighted by molar-refractivity contribution is -0.0507. The highest BCUT2D eigenvalue weighted by molar-refractivity contribution is 7.70. The van der Waals surface area contributed by atoms with Crippen molar-refractivity contribution in [2.24, 2.45) is 0 Å². The summed E-state index contributed by atoms with van der Waals surface area (Å²) in [6.07, 6.45) is 0.295. The number of hydrogen-bond acceptors (Lipinski definition) is 4. The van der Waals surface area contributed by atoms with Crippen LogP contribution in [0.2, 0.25) is 0 Å². The zero-order valence-electron chi connectivity index (χ0n) is 20.9. The molecule has 2 bridgehead atoms. The summed E-state index contributed by atoms with van der Waals surface area (Å²) in [7, 11) is -1.57. The quantitative estimate of drug-likeness (QED) is 0.224. The third kappa shape index (κ3) is 3.77. The molecule has 2 aliphatic heterocycles. The zero-order chi connectivity index (χ0) is 28.0. The van der Waals surface area contributed by atoms with Crippen LogP contribution in [0.15, 0.2) is 42.5 Å². The third-order valence-corrected chi connectivity index (χ3v) is 8.93. The number of alkyl halides is 2. The van der Waals surface area contributed by atoms with E-state index < -0.39 is 49.2 Å². The lowest BCUT2D eigenvalue weighted by Crippen LogP contribution is -2.30. The number of imidazole rings is 1. The van der Waals surface area contributed by atoms with Crippen molar-refractivity contribution in [1.82, 2.24) is 14.5 Å². The number of aromatic nitrogens is 2. The van der Waals surface area contributed by atoms with E-state index in [9.17, 15) is 22.5 Å². The maximum atomic E-state index is 15.3. The molecule has 3 heterocycles. The molecule has 0 unspecified atom stereocenters. The summed E-state index contributed by atoms with van der Waals surface area (Å²) < 4.78 is 90.8. The van der Waals surface area contributed by atoms with Gasteiger partial charge in [-0.3, -0.25) is 4.79 Å². The first-order valence-electron chi connectivity index (χ1n) is 12.0. The maximum absolute atomic E-state index is 15.3. The van der Waals surface area contributed by atoms with Crippen molar-refractivity contribution in [2.75, 3.05) is 20.4 Å². The number of carbonyl (C=O) groups is 1. The van der Waals surface area contributed by atoms with Gasteiger partial charge in [-0.05, 0) is 37.6 Å². The summed E-state index contributed by atoms with van der Waals surface area (Å²) in [5.41, 5.74) is 0.342. The smallest absolute Gasteiger partial charge is 0.387 e. The van der Waals surface area contributed by atoms with Gasteiger partial charge in [0.15, 0.2) is 11.6 Å². The second-order valence-corrected chi connectivity index (χ2v) is 13.2. The van der Waals surface area contributed by atoms with E-state index in [-0.39, 0.29) is 38.8 Å². The van der Waals surface area contributed by atoms with Gasteiger partial charge in [0, 0.05) is 41.8 Å². The van der Waals surface area contributed by atoms with E-state index in [0.29, 0.717) is 17.8 Å². The van der Waals surface area contributed by atoms with Crippen LogP contribution in [0.5, 0.6) is 5.75 Å². The molecule has 2 atom stereocenters. The van der Waals surface area contributed by atoms with Crippen molar-refractivity contribution in [1.29, 1.82) is 0 Å². The van der Waals surface area contributed by atoms with Gasteiger partial charge in [0.2, 0.25) is 0 Å². The summed E-state index contributed by atoms with van der Waals surface area (Å²) in [5, 5.41) is -0.281. The van der Waals surface area contributed by atoms with E-state index in [4.69, 9.17) is 4.74 Å². The molecular weight excluding hydrogens is 540 g/mol. The summed E-state index contributed by atoms with van der Waals surface area (Å²) in [4.78, 5) is 19.2. The Kier molecular flexibility index (Phi) is 5.66. The number of benzene rings is 3. The van der Waals surface area contributed by atoms with E-state index >= 15 is 8.78 Å². The van der Waals surface area contributed by atoms with E-state index in [1.165, 1.54) is 54.6 Å². The van der Waals surface area contributed by atoms with Crippen LogP contribution in [0.4, 0.5) is 22.0 Å². The first kappa shape index (κ1) is 25.6. The number of halogens is 5. The highest BCUT2D eigenvalue weighted by Gasteiger charge is 2.45. The SMILES string of the molecule is CN1C(=O)c2cccc(OC(F)F)c2[C@H]2C[C@@H]1c1nc3cc(F)c(-c4ccc(P(C)(C)=O)c(F)c4F)cc3n12. The molecule has 3 aromatic carbocycles. The van der Waals surface area contributed by atoms with Gasteiger partial charge in [-0.25, -0.2) is 18.2 Å². The third-order valence-electron chi connectivity index (χ3n) is 7.43. The summed E-state index contributed by atoms with van der Waals surface area (Å²) in [6, 6.07) is 7.87. The molecule has 1 amide bonds. The lowest BCUT2D eigenvalue weighted by atomic mass is 9.97. The van der Waals surface area contributed by atoms with E-state index in [1.807, 2.05) is 0 Å². The molecule has 0 aliphatic carbocycles. The van der Waals surface area contributed by atoms with Gasteiger partial charge in [-0.15, -0.1) is 0 Å². The topological polar surface area (TPSA) is 64.4 Å². The Morgan fingerprint density at radius 1 is 1.00 bits per heavy atom. The Morgan fingerprint density at radius 2 is 1.74 bits per heavy atom. The Labute approximate surface area is 219 Å². The number of ether oxygens (including phenoxy) is 1. The maximum Gasteiger partial charge on any atom is 0.387 e. The molecular formula is C27H21F5N3O3P. The number of carbonyl (C=O) groups excluding carboxylic acids is 1. The molecule has 0 spiro atoms. The monoisotopic (exact) mass is 561 g/mol. The summed E-state index contributed by atoms with van der Waals surface area (Å²) in [6.45, 7) is -0.523. The number of rotatable bonds is 4. The average molecular weight is 561 g/mol. The molecule has 0 radical (unpaired) electrons. The molecule has 2 aliphatic rings. The van der Waals surface area contributed by atoms with Crippen molar-refractivity contribution in [3.05, 3.63) is 76.9 Å². The Morgan fingerprint density at radius 3 is 2.44 bits per heavy atom. The number of hydrogen-bond donors (Lipinski definition) is 0. The van der Waals surface area contributed by atoms with Gasteiger partial charge in [-0.1, -0.05) is 12.1 Å². The standard InChI is InChI=1S/C27H21F5N3O3P/c1-34-19-11-18(22-13(26(34)36)5-4-6-20(22)38-27(31)32)35-17-9-14(15(28)10-16(17)33-25(19)35)12-7-8-21(39(2,3)37)24(30)23(12)29/h4-10,18-19,27H,11H2,1-3H3/t18-,19-/m1/s1. The largest absolute Gasteiger partial charge is 0.434 e. The minimum absolute atomic E-state index is 0.167. The number of nitrogens with zero attached hydrogens (tertiary/aromatic N) is 3. The van der Waals surface area contributed by atoms with Crippen molar-refractivity contribution in [3.63, 3.8) is 0 Å². The minimum atomic E-state index is -3.14. The number of amides is 1. The molecule has 0 fully saturated rings. The highest BCUT2D eigenvalue weighted by Crippen LogP contribution is 2.50. The van der Waals surface area contributed by atoms with Crippen LogP contribution in [-0.2, 0) is 4.57 Å². The first-order chi connectivity index (χ1) is 18.4. The van der Waals surface area contributed by atoms with Gasteiger partial charge in [-0.2, -0.15) is 8.78 Å². The molecule has 39 heavy (non-hydrogen) atoms. The summed E-state index contributed by atoms with van der Waals surface area (Å²) >= 11 is 0. The molecule has 202 valence electrons. The Hall–Kier alpha value is -3.72. The molecule has 6 rings (SSSR count). The minimum Gasteiger partial charge on any atom is -0.434 e. The van der Waals surface area contributed by atoms with E-state index in [0.717, 1.165) is 6.07 Å². The highest BCUT2D eigenvalue weighted by atomic mass is 31.2. The van der Waals surface area contributed by atoms with Gasteiger partial charge < -0.3 is 18.8 Å². The van der Waals surface area contributed by atoms with Gasteiger partial charge >= 0.3 is 6.61 Å². The fraction of sp³-hybridized carbons (Fsp3) is 0.259. The van der Waals surface area contributed by atoms with Crippen LogP contribution in [0.25, 0.3) is 22.2 Å². The van der Waals surface area contributed by atoms with E-state index in [1.54, 1.807) is 11.6 Å². The van der Waals surface area contributed by atoms with Crippen LogP contribution in [0.1, 0.15) is 40.3 Å². The second kappa shape index (κ2) is 8.64. The fourth-order valence-corrected chi connectivity index (χ4v) is 6.68. The fourth-order valence-electron chi connectivity index (χ4n) is 5.67. The zero-order valence-corrected chi connectivity index (χ0v) is 21.8. The van der Waals surface area contributed by atoms with Crippen LogP contribution in [-0.4, -0.2) is 47.3 Å². The molecule has 4 aromatic rings. The van der Waals surface area contributed by atoms with Crippen LogP contribution in [0, 0.1) is 17.5 Å². The van der Waals surface area contributed by atoms with Crippen molar-refractivity contribution in [3.8, 4) is 16.9 Å². The first-order valence-corrected chi connectivity index (χ1v) is 14.6.